The zero-order valence-corrected chi connectivity index (χ0v) is 9.10. The Morgan fingerprint density at radius 3 is 2.47 bits per heavy atom. The predicted octanol–water partition coefficient (Wildman–Crippen LogP) is 2.16. The highest BCUT2D eigenvalue weighted by Gasteiger charge is 2.18. The molecule has 0 spiro atoms. The van der Waals surface area contributed by atoms with Gasteiger partial charge in [0.2, 0.25) is 0 Å². The van der Waals surface area contributed by atoms with Crippen molar-refractivity contribution in [2.45, 2.75) is 25.5 Å². The number of aliphatic hydroxyl groups is 1. The third-order valence-electron chi connectivity index (χ3n) is 2.15. The van der Waals surface area contributed by atoms with Crippen LogP contribution in [0.4, 0.5) is 8.78 Å². The van der Waals surface area contributed by atoms with Crippen LogP contribution >= 0.6 is 12.4 Å². The molecule has 3 N–H and O–H groups in total. The van der Waals surface area contributed by atoms with E-state index in [0.29, 0.717) is 6.42 Å². The molecule has 2 nitrogen and oxygen atoms in total. The van der Waals surface area contributed by atoms with Crippen molar-refractivity contribution in [3.63, 3.8) is 0 Å². The Hall–Kier alpha value is -0.710. The second-order valence-corrected chi connectivity index (χ2v) is 3.17. The summed E-state index contributed by atoms with van der Waals surface area (Å²) >= 11 is 0. The third-order valence-corrected chi connectivity index (χ3v) is 2.15. The first kappa shape index (κ1) is 14.3. The van der Waals surface area contributed by atoms with E-state index < -0.39 is 23.8 Å². The molecule has 2 atom stereocenters. The van der Waals surface area contributed by atoms with E-state index >= 15 is 0 Å². The number of rotatable bonds is 3. The molecule has 0 heterocycles. The van der Waals surface area contributed by atoms with Gasteiger partial charge in [-0.2, -0.15) is 0 Å². The van der Waals surface area contributed by atoms with Crippen LogP contribution in [0.3, 0.4) is 0 Å². The first-order chi connectivity index (χ1) is 6.56. The molecule has 0 bridgehead atoms. The third kappa shape index (κ3) is 3.41. The van der Waals surface area contributed by atoms with Crippen molar-refractivity contribution in [1.82, 2.24) is 0 Å². The van der Waals surface area contributed by atoms with Gasteiger partial charge in [0.15, 0.2) is 0 Å². The minimum atomic E-state index is -0.810. The number of benzene rings is 1. The lowest BCUT2D eigenvalue weighted by molar-refractivity contribution is 0.139. The van der Waals surface area contributed by atoms with Crippen molar-refractivity contribution in [3.05, 3.63) is 35.4 Å². The summed E-state index contributed by atoms with van der Waals surface area (Å²) in [5.41, 5.74) is 5.73. The van der Waals surface area contributed by atoms with Crippen molar-refractivity contribution in [1.29, 1.82) is 0 Å². The predicted molar refractivity (Wildman–Crippen MR) is 56.8 cm³/mol. The Morgan fingerprint density at radius 2 is 2.00 bits per heavy atom. The molecule has 1 aromatic rings. The zero-order valence-electron chi connectivity index (χ0n) is 8.28. The molecular weight excluding hydrogens is 224 g/mol. The van der Waals surface area contributed by atoms with Crippen molar-refractivity contribution in [2.75, 3.05) is 0 Å². The number of halogens is 3. The number of aliphatic hydroxyl groups excluding tert-OH is 1. The van der Waals surface area contributed by atoms with E-state index in [-0.39, 0.29) is 18.0 Å². The molecule has 0 aliphatic rings. The lowest BCUT2D eigenvalue weighted by Crippen LogP contribution is -2.26. The van der Waals surface area contributed by atoms with E-state index in [9.17, 15) is 13.9 Å². The van der Waals surface area contributed by atoms with Gasteiger partial charge in [0.1, 0.15) is 11.6 Å². The van der Waals surface area contributed by atoms with Crippen LogP contribution in [0, 0.1) is 11.6 Å². The van der Waals surface area contributed by atoms with E-state index in [1.165, 1.54) is 6.07 Å². The fourth-order valence-electron chi connectivity index (χ4n) is 1.23. The summed E-state index contributed by atoms with van der Waals surface area (Å²) in [4.78, 5) is 0. The molecular formula is C10H14ClF2NO. The summed E-state index contributed by atoms with van der Waals surface area (Å²) in [7, 11) is 0. The first-order valence-electron chi connectivity index (χ1n) is 4.44. The van der Waals surface area contributed by atoms with E-state index in [4.69, 9.17) is 5.73 Å². The largest absolute Gasteiger partial charge is 0.391 e. The Labute approximate surface area is 93.5 Å². The Bertz CT molecular complexity index is 322. The molecule has 0 radical (unpaired) electrons. The Balaban J connectivity index is 0.00000196. The lowest BCUT2D eigenvalue weighted by Gasteiger charge is -2.17. The van der Waals surface area contributed by atoms with E-state index in [1.807, 2.05) is 0 Å². The van der Waals surface area contributed by atoms with Crippen LogP contribution in [0.2, 0.25) is 0 Å². The summed E-state index contributed by atoms with van der Waals surface area (Å²) in [6.07, 6.45) is -0.382. The molecule has 1 aromatic carbocycles. The summed E-state index contributed by atoms with van der Waals surface area (Å²) in [6.45, 7) is 1.74. The van der Waals surface area contributed by atoms with Gasteiger partial charge in [-0.3, -0.25) is 0 Å². The maximum atomic E-state index is 13.2. The van der Waals surface area contributed by atoms with Gasteiger partial charge in [0.05, 0.1) is 12.1 Å². The van der Waals surface area contributed by atoms with E-state index in [2.05, 4.69) is 0 Å². The molecule has 0 aliphatic carbocycles. The summed E-state index contributed by atoms with van der Waals surface area (Å²) in [5.74, 6) is -1.37. The highest BCUT2D eigenvalue weighted by atomic mass is 35.5. The fourth-order valence-corrected chi connectivity index (χ4v) is 1.23. The molecule has 0 amide bonds. The standard InChI is InChI=1S/C10H13F2NO.ClH/c1-2-9(14)10(13)7-4-3-6(11)5-8(7)12;/h3-5,9-10,14H,2,13H2,1H3;1H/t9-,10+;/m1./s1. The van der Waals surface area contributed by atoms with Crippen molar-refractivity contribution >= 4 is 12.4 Å². The monoisotopic (exact) mass is 237 g/mol. The molecule has 0 saturated heterocycles. The van der Waals surface area contributed by atoms with E-state index in [1.54, 1.807) is 6.92 Å². The molecule has 0 aromatic heterocycles. The SMILES string of the molecule is CC[C@@H](O)[C@@H](N)c1ccc(F)cc1F.Cl. The molecule has 0 unspecified atom stereocenters. The second kappa shape index (κ2) is 6.00. The van der Waals surface area contributed by atoms with Crippen LogP contribution in [-0.2, 0) is 0 Å². The number of hydrogen-bond donors (Lipinski definition) is 2. The highest BCUT2D eigenvalue weighted by Crippen LogP contribution is 2.20. The molecule has 0 fully saturated rings. The quantitative estimate of drug-likeness (QED) is 0.846. The summed E-state index contributed by atoms with van der Waals surface area (Å²) < 4.78 is 25.7. The van der Waals surface area contributed by atoms with Gasteiger partial charge < -0.3 is 10.8 Å². The van der Waals surface area contributed by atoms with Crippen molar-refractivity contribution in [2.24, 2.45) is 5.73 Å². The fraction of sp³-hybridized carbons (Fsp3) is 0.400. The number of hydrogen-bond acceptors (Lipinski definition) is 2. The second-order valence-electron chi connectivity index (χ2n) is 3.17. The van der Waals surface area contributed by atoms with Gasteiger partial charge in [-0.1, -0.05) is 13.0 Å². The molecule has 0 aliphatic heterocycles. The van der Waals surface area contributed by atoms with Gasteiger partial charge in [-0.25, -0.2) is 8.78 Å². The maximum absolute atomic E-state index is 13.2. The normalized spacial score (nSPS) is 14.2. The minimum absolute atomic E-state index is 0. The van der Waals surface area contributed by atoms with Gasteiger partial charge in [0, 0.05) is 11.6 Å². The van der Waals surface area contributed by atoms with E-state index in [0.717, 1.165) is 12.1 Å². The zero-order chi connectivity index (χ0) is 10.7. The summed E-state index contributed by atoms with van der Waals surface area (Å²) in [6, 6.07) is 2.34. The van der Waals surface area contributed by atoms with Crippen LogP contribution < -0.4 is 5.73 Å². The Kier molecular flexibility index (Phi) is 5.72. The highest BCUT2D eigenvalue weighted by molar-refractivity contribution is 5.85. The lowest BCUT2D eigenvalue weighted by atomic mass is 10.0. The molecule has 0 saturated carbocycles. The number of nitrogens with two attached hydrogens (primary N) is 1. The topological polar surface area (TPSA) is 46.2 Å². The molecule has 5 heteroatoms. The van der Waals surface area contributed by atoms with Gasteiger partial charge in [-0.15, -0.1) is 12.4 Å². The summed E-state index contributed by atoms with van der Waals surface area (Å²) in [5, 5.41) is 9.39. The van der Waals surface area contributed by atoms with Gasteiger partial charge >= 0.3 is 0 Å². The average molecular weight is 238 g/mol. The molecule has 86 valence electrons. The van der Waals surface area contributed by atoms with Crippen LogP contribution in [0.15, 0.2) is 18.2 Å². The Morgan fingerprint density at radius 1 is 1.40 bits per heavy atom. The molecule has 15 heavy (non-hydrogen) atoms. The van der Waals surface area contributed by atoms with Crippen LogP contribution in [-0.4, -0.2) is 11.2 Å². The van der Waals surface area contributed by atoms with Gasteiger partial charge in [0.25, 0.3) is 0 Å². The molecule has 1 rings (SSSR count). The van der Waals surface area contributed by atoms with Gasteiger partial charge in [-0.05, 0) is 12.5 Å². The smallest absolute Gasteiger partial charge is 0.130 e. The average Bonchev–Trinajstić information content (AvgIpc) is 2.15. The van der Waals surface area contributed by atoms with Crippen LogP contribution in [0.1, 0.15) is 24.9 Å². The first-order valence-corrected chi connectivity index (χ1v) is 4.44. The van der Waals surface area contributed by atoms with Crippen molar-refractivity contribution in [3.8, 4) is 0 Å². The van der Waals surface area contributed by atoms with Crippen LogP contribution in [0.25, 0.3) is 0 Å². The van der Waals surface area contributed by atoms with Crippen molar-refractivity contribution < 1.29 is 13.9 Å². The maximum Gasteiger partial charge on any atom is 0.130 e. The minimum Gasteiger partial charge on any atom is -0.391 e. The van der Waals surface area contributed by atoms with Crippen LogP contribution in [0.5, 0.6) is 0 Å².